The summed E-state index contributed by atoms with van der Waals surface area (Å²) in [5.74, 6) is 0.0488. The van der Waals surface area contributed by atoms with E-state index in [-0.39, 0.29) is 11.9 Å². The lowest BCUT2D eigenvalue weighted by Gasteiger charge is -2.35. The van der Waals surface area contributed by atoms with Crippen molar-refractivity contribution in [3.8, 4) is 0 Å². The second-order valence-electron chi connectivity index (χ2n) is 4.55. The summed E-state index contributed by atoms with van der Waals surface area (Å²) in [5, 5.41) is 12.4. The number of carbonyl (C=O) groups excluding carboxylic acids is 1. The van der Waals surface area contributed by atoms with Crippen LogP contribution in [0.1, 0.15) is 25.5 Å². The van der Waals surface area contributed by atoms with Crippen molar-refractivity contribution in [2.75, 3.05) is 18.0 Å². The molecule has 5 heteroatoms. The van der Waals surface area contributed by atoms with Gasteiger partial charge in [0.05, 0.1) is 11.8 Å². The van der Waals surface area contributed by atoms with Crippen LogP contribution in [0.25, 0.3) is 0 Å². The van der Waals surface area contributed by atoms with Gasteiger partial charge in [0.1, 0.15) is 6.04 Å². The summed E-state index contributed by atoms with van der Waals surface area (Å²) in [5.41, 5.74) is 1.85. The predicted octanol–water partition coefficient (Wildman–Crippen LogP) is 1.83. The molecule has 1 unspecified atom stereocenters. The molecule has 0 radical (unpaired) electrons. The zero-order valence-corrected chi connectivity index (χ0v) is 12.1. The molecule has 1 saturated heterocycles. The summed E-state index contributed by atoms with van der Waals surface area (Å²) in [6.45, 7) is 5.08. The SMILES string of the molecule is CC1C(=O)NCCN1c1ccc([C@@H](C)O)cc1Br. The molecule has 1 fully saturated rings. The highest BCUT2D eigenvalue weighted by molar-refractivity contribution is 9.10. The zero-order valence-electron chi connectivity index (χ0n) is 10.5. The fourth-order valence-electron chi connectivity index (χ4n) is 2.13. The van der Waals surface area contributed by atoms with Gasteiger partial charge in [0.15, 0.2) is 0 Å². The summed E-state index contributed by atoms with van der Waals surface area (Å²) < 4.78 is 0.905. The third-order valence-electron chi connectivity index (χ3n) is 3.26. The average molecular weight is 313 g/mol. The Hall–Kier alpha value is -1.07. The van der Waals surface area contributed by atoms with Crippen molar-refractivity contribution < 1.29 is 9.90 Å². The zero-order chi connectivity index (χ0) is 13.3. The normalized spacial score (nSPS) is 21.7. The molecule has 1 aromatic carbocycles. The Bertz CT molecular complexity index is 462. The van der Waals surface area contributed by atoms with Gasteiger partial charge in [0.25, 0.3) is 0 Å². The molecule has 18 heavy (non-hydrogen) atoms. The Morgan fingerprint density at radius 2 is 2.28 bits per heavy atom. The first-order chi connectivity index (χ1) is 8.50. The first kappa shape index (κ1) is 13.4. The van der Waals surface area contributed by atoms with E-state index in [4.69, 9.17) is 0 Å². The molecule has 4 nitrogen and oxygen atoms in total. The third-order valence-corrected chi connectivity index (χ3v) is 3.90. The van der Waals surface area contributed by atoms with E-state index in [2.05, 4.69) is 26.1 Å². The van der Waals surface area contributed by atoms with Gasteiger partial charge in [-0.2, -0.15) is 0 Å². The smallest absolute Gasteiger partial charge is 0.242 e. The molecule has 1 aliphatic heterocycles. The lowest BCUT2D eigenvalue weighted by atomic mass is 10.1. The van der Waals surface area contributed by atoms with Gasteiger partial charge >= 0.3 is 0 Å². The molecule has 98 valence electrons. The van der Waals surface area contributed by atoms with Crippen LogP contribution in [0.5, 0.6) is 0 Å². The largest absolute Gasteiger partial charge is 0.389 e. The van der Waals surface area contributed by atoms with Gasteiger partial charge in [-0.3, -0.25) is 4.79 Å². The molecule has 0 aliphatic carbocycles. The molecule has 1 aliphatic rings. The maximum Gasteiger partial charge on any atom is 0.242 e. The number of nitrogens with one attached hydrogen (secondary N) is 1. The van der Waals surface area contributed by atoms with Gasteiger partial charge in [0.2, 0.25) is 5.91 Å². The van der Waals surface area contributed by atoms with Crippen LogP contribution in [0.3, 0.4) is 0 Å². The third kappa shape index (κ3) is 2.52. The lowest BCUT2D eigenvalue weighted by Crippen LogP contribution is -2.54. The number of rotatable bonds is 2. The molecule has 0 saturated carbocycles. The van der Waals surface area contributed by atoms with Gasteiger partial charge in [0, 0.05) is 17.6 Å². The molecule has 1 heterocycles. The Balaban J connectivity index is 2.30. The highest BCUT2D eigenvalue weighted by Gasteiger charge is 2.26. The highest BCUT2D eigenvalue weighted by atomic mass is 79.9. The van der Waals surface area contributed by atoms with Crippen LogP contribution in [-0.2, 0) is 4.79 Å². The topological polar surface area (TPSA) is 52.6 Å². The van der Waals surface area contributed by atoms with Crippen molar-refractivity contribution in [2.24, 2.45) is 0 Å². The van der Waals surface area contributed by atoms with Crippen molar-refractivity contribution in [1.29, 1.82) is 0 Å². The van der Waals surface area contributed by atoms with Gasteiger partial charge < -0.3 is 15.3 Å². The number of nitrogens with zero attached hydrogens (tertiary/aromatic N) is 1. The summed E-state index contributed by atoms with van der Waals surface area (Å²) >= 11 is 3.51. The van der Waals surface area contributed by atoms with Crippen molar-refractivity contribution in [1.82, 2.24) is 5.32 Å². The molecule has 0 bridgehead atoms. The molecule has 2 N–H and O–H groups in total. The van der Waals surface area contributed by atoms with E-state index in [0.29, 0.717) is 6.54 Å². The molecule has 2 atom stereocenters. The van der Waals surface area contributed by atoms with Gasteiger partial charge in [-0.1, -0.05) is 6.07 Å². The average Bonchev–Trinajstić information content (AvgIpc) is 2.33. The van der Waals surface area contributed by atoms with Gasteiger partial charge in [-0.15, -0.1) is 0 Å². The predicted molar refractivity (Wildman–Crippen MR) is 74.6 cm³/mol. The summed E-state index contributed by atoms with van der Waals surface area (Å²) in [7, 11) is 0. The van der Waals surface area contributed by atoms with Gasteiger partial charge in [-0.05, 0) is 47.5 Å². The molecule has 0 aromatic heterocycles. The number of aliphatic hydroxyl groups excluding tert-OH is 1. The maximum absolute atomic E-state index is 11.7. The van der Waals surface area contributed by atoms with Crippen molar-refractivity contribution in [3.63, 3.8) is 0 Å². The van der Waals surface area contributed by atoms with E-state index in [1.807, 2.05) is 25.1 Å². The molecule has 1 amide bonds. The Morgan fingerprint density at radius 1 is 1.56 bits per heavy atom. The minimum absolute atomic E-state index is 0.0488. The maximum atomic E-state index is 11.7. The Morgan fingerprint density at radius 3 is 2.89 bits per heavy atom. The van der Waals surface area contributed by atoms with Crippen molar-refractivity contribution in [2.45, 2.75) is 26.0 Å². The van der Waals surface area contributed by atoms with Crippen LogP contribution < -0.4 is 10.2 Å². The number of anilines is 1. The number of amides is 1. The van der Waals surface area contributed by atoms with Crippen molar-refractivity contribution in [3.05, 3.63) is 28.2 Å². The summed E-state index contributed by atoms with van der Waals surface area (Å²) in [6.07, 6.45) is -0.488. The van der Waals surface area contributed by atoms with E-state index < -0.39 is 6.10 Å². The number of benzene rings is 1. The Kier molecular flexibility index (Phi) is 3.92. The number of carbonyl (C=O) groups is 1. The fourth-order valence-corrected chi connectivity index (χ4v) is 2.75. The second-order valence-corrected chi connectivity index (χ2v) is 5.40. The van der Waals surface area contributed by atoms with E-state index >= 15 is 0 Å². The highest BCUT2D eigenvalue weighted by Crippen LogP contribution is 2.31. The van der Waals surface area contributed by atoms with E-state index in [9.17, 15) is 9.90 Å². The fraction of sp³-hybridized carbons (Fsp3) is 0.462. The van der Waals surface area contributed by atoms with E-state index in [1.165, 1.54) is 0 Å². The van der Waals surface area contributed by atoms with E-state index in [1.54, 1.807) is 6.92 Å². The molecular weight excluding hydrogens is 296 g/mol. The molecule has 1 aromatic rings. The number of hydrogen-bond donors (Lipinski definition) is 2. The van der Waals surface area contributed by atoms with Crippen LogP contribution >= 0.6 is 15.9 Å². The standard InChI is InChI=1S/C13H17BrN2O2/c1-8-13(18)15-5-6-16(8)12-4-3-10(9(2)17)7-11(12)14/h3-4,7-9,17H,5-6H2,1-2H3,(H,15,18)/t8?,9-/m1/s1. The van der Waals surface area contributed by atoms with E-state index in [0.717, 1.165) is 22.3 Å². The number of hydrogen-bond acceptors (Lipinski definition) is 3. The lowest BCUT2D eigenvalue weighted by molar-refractivity contribution is -0.122. The summed E-state index contributed by atoms with van der Waals surface area (Å²) in [6, 6.07) is 5.57. The number of halogens is 1. The number of aliphatic hydroxyl groups is 1. The molecular formula is C13H17BrN2O2. The first-order valence-electron chi connectivity index (χ1n) is 6.02. The molecule has 2 rings (SSSR count). The minimum Gasteiger partial charge on any atom is -0.389 e. The van der Waals surface area contributed by atoms with Crippen LogP contribution in [-0.4, -0.2) is 30.1 Å². The summed E-state index contributed by atoms with van der Waals surface area (Å²) in [4.78, 5) is 13.7. The minimum atomic E-state index is -0.488. The Labute approximate surface area is 115 Å². The van der Waals surface area contributed by atoms with Gasteiger partial charge in [-0.25, -0.2) is 0 Å². The monoisotopic (exact) mass is 312 g/mol. The van der Waals surface area contributed by atoms with Crippen LogP contribution in [0.2, 0.25) is 0 Å². The first-order valence-corrected chi connectivity index (χ1v) is 6.82. The second kappa shape index (κ2) is 5.28. The van der Waals surface area contributed by atoms with Crippen LogP contribution in [0.4, 0.5) is 5.69 Å². The van der Waals surface area contributed by atoms with Crippen LogP contribution in [0, 0.1) is 0 Å². The van der Waals surface area contributed by atoms with Crippen LogP contribution in [0.15, 0.2) is 22.7 Å². The number of piperazine rings is 1. The van der Waals surface area contributed by atoms with Crippen molar-refractivity contribution >= 4 is 27.5 Å². The quantitative estimate of drug-likeness (QED) is 0.876. The molecule has 0 spiro atoms.